The Labute approximate surface area is 116 Å². The van der Waals surface area contributed by atoms with E-state index in [-0.39, 0.29) is 0 Å². The molecule has 0 radical (unpaired) electrons. The molecule has 0 aliphatic heterocycles. The van der Waals surface area contributed by atoms with Crippen LogP contribution in [0.5, 0.6) is 0 Å². The van der Waals surface area contributed by atoms with Crippen LogP contribution in [0.25, 0.3) is 16.6 Å². The second kappa shape index (κ2) is 4.97. The van der Waals surface area contributed by atoms with E-state index in [1.54, 1.807) is 6.20 Å². The second-order valence-electron chi connectivity index (χ2n) is 4.32. The lowest BCUT2D eigenvalue weighted by molar-refractivity contribution is 0.791. The average molecular weight is 273 g/mol. The minimum Gasteiger partial charge on any atom is -0.286 e. The standard InChI is InChI=1S/C14H13ClN4/c1-2-5-12-16-8-9-19(12)14-11-7-4-3-6-10(11)13(15)17-18-14/h3-4,6-9H,2,5H2,1H3. The SMILES string of the molecule is CCCc1nccn1-c1nnc(Cl)c2ccccc12. The summed E-state index contributed by atoms with van der Waals surface area (Å²) in [7, 11) is 0. The van der Waals surface area contributed by atoms with Crippen LogP contribution in [0.3, 0.4) is 0 Å². The summed E-state index contributed by atoms with van der Waals surface area (Å²) in [6.45, 7) is 2.13. The van der Waals surface area contributed by atoms with E-state index in [0.29, 0.717) is 5.15 Å². The van der Waals surface area contributed by atoms with E-state index in [4.69, 9.17) is 11.6 Å². The van der Waals surface area contributed by atoms with Crippen molar-refractivity contribution in [3.05, 3.63) is 47.6 Å². The van der Waals surface area contributed by atoms with E-state index < -0.39 is 0 Å². The number of nitrogens with zero attached hydrogens (tertiary/aromatic N) is 4. The predicted molar refractivity (Wildman–Crippen MR) is 75.7 cm³/mol. The van der Waals surface area contributed by atoms with Crippen molar-refractivity contribution in [2.24, 2.45) is 0 Å². The monoisotopic (exact) mass is 272 g/mol. The average Bonchev–Trinajstić information content (AvgIpc) is 2.88. The molecule has 96 valence electrons. The number of aromatic nitrogens is 4. The molecule has 19 heavy (non-hydrogen) atoms. The Kier molecular flexibility index (Phi) is 3.17. The first-order chi connectivity index (χ1) is 9.31. The molecule has 0 saturated heterocycles. The molecule has 2 heterocycles. The van der Waals surface area contributed by atoms with Gasteiger partial charge >= 0.3 is 0 Å². The van der Waals surface area contributed by atoms with Gasteiger partial charge in [0.2, 0.25) is 0 Å². The minimum atomic E-state index is 0.427. The quantitative estimate of drug-likeness (QED) is 0.734. The smallest absolute Gasteiger partial charge is 0.168 e. The lowest BCUT2D eigenvalue weighted by Gasteiger charge is -2.09. The summed E-state index contributed by atoms with van der Waals surface area (Å²) < 4.78 is 1.98. The summed E-state index contributed by atoms with van der Waals surface area (Å²) >= 11 is 6.09. The van der Waals surface area contributed by atoms with Crippen LogP contribution in [0.4, 0.5) is 0 Å². The van der Waals surface area contributed by atoms with Gasteiger partial charge in [-0.25, -0.2) is 4.98 Å². The highest BCUT2D eigenvalue weighted by atomic mass is 35.5. The fraction of sp³-hybridized carbons (Fsp3) is 0.214. The van der Waals surface area contributed by atoms with Gasteiger partial charge < -0.3 is 0 Å². The van der Waals surface area contributed by atoms with Gasteiger partial charge in [-0.3, -0.25) is 4.57 Å². The second-order valence-corrected chi connectivity index (χ2v) is 4.68. The molecule has 0 unspecified atom stereocenters. The third-order valence-corrected chi connectivity index (χ3v) is 3.32. The van der Waals surface area contributed by atoms with Crippen molar-refractivity contribution in [3.63, 3.8) is 0 Å². The topological polar surface area (TPSA) is 43.6 Å². The molecule has 0 amide bonds. The zero-order chi connectivity index (χ0) is 13.2. The summed E-state index contributed by atoms with van der Waals surface area (Å²) in [6, 6.07) is 7.87. The third kappa shape index (κ3) is 2.08. The molecule has 0 fully saturated rings. The van der Waals surface area contributed by atoms with Crippen LogP contribution >= 0.6 is 11.6 Å². The Bertz CT molecular complexity index is 720. The predicted octanol–water partition coefficient (Wildman–Crippen LogP) is 3.42. The largest absolute Gasteiger partial charge is 0.286 e. The molecule has 0 bridgehead atoms. The summed E-state index contributed by atoms with van der Waals surface area (Å²) in [4.78, 5) is 4.37. The van der Waals surface area contributed by atoms with Crippen LogP contribution in [0, 0.1) is 0 Å². The summed E-state index contributed by atoms with van der Waals surface area (Å²) in [5.41, 5.74) is 0. The van der Waals surface area contributed by atoms with E-state index in [1.807, 2.05) is 35.0 Å². The zero-order valence-corrected chi connectivity index (χ0v) is 11.3. The highest BCUT2D eigenvalue weighted by Gasteiger charge is 2.11. The van der Waals surface area contributed by atoms with E-state index in [0.717, 1.165) is 35.3 Å². The fourth-order valence-electron chi connectivity index (χ4n) is 2.17. The summed E-state index contributed by atoms with van der Waals surface area (Å²) in [5.74, 6) is 1.77. The van der Waals surface area contributed by atoms with E-state index in [2.05, 4.69) is 22.1 Å². The molecule has 3 aromatic rings. The number of halogens is 1. The third-order valence-electron chi connectivity index (χ3n) is 3.04. The number of imidazole rings is 1. The van der Waals surface area contributed by atoms with E-state index >= 15 is 0 Å². The molecule has 0 saturated carbocycles. The first kappa shape index (κ1) is 12.1. The van der Waals surface area contributed by atoms with Crippen LogP contribution in [-0.4, -0.2) is 19.7 Å². The molecule has 2 aromatic heterocycles. The molecule has 0 spiro atoms. The molecule has 0 atom stereocenters. The first-order valence-corrected chi connectivity index (χ1v) is 6.62. The lowest BCUT2D eigenvalue weighted by atomic mass is 10.2. The Morgan fingerprint density at radius 1 is 1.16 bits per heavy atom. The van der Waals surface area contributed by atoms with Crippen molar-refractivity contribution in [1.29, 1.82) is 0 Å². The van der Waals surface area contributed by atoms with Gasteiger partial charge in [-0.15, -0.1) is 10.2 Å². The van der Waals surface area contributed by atoms with Gasteiger partial charge in [-0.1, -0.05) is 42.8 Å². The Morgan fingerprint density at radius 3 is 2.74 bits per heavy atom. The van der Waals surface area contributed by atoms with Crippen LogP contribution in [0.15, 0.2) is 36.7 Å². The van der Waals surface area contributed by atoms with E-state index in [1.165, 1.54) is 0 Å². The maximum absolute atomic E-state index is 6.09. The van der Waals surface area contributed by atoms with Crippen molar-refractivity contribution in [2.45, 2.75) is 19.8 Å². The fourth-order valence-corrected chi connectivity index (χ4v) is 2.37. The molecular formula is C14H13ClN4. The van der Waals surface area contributed by atoms with Crippen molar-refractivity contribution in [2.75, 3.05) is 0 Å². The summed E-state index contributed by atoms with van der Waals surface area (Å²) in [5, 5.41) is 10.6. The highest BCUT2D eigenvalue weighted by Crippen LogP contribution is 2.25. The molecular weight excluding hydrogens is 260 g/mol. The van der Waals surface area contributed by atoms with Crippen molar-refractivity contribution >= 4 is 22.4 Å². The number of rotatable bonds is 3. The van der Waals surface area contributed by atoms with Gasteiger partial charge in [0.25, 0.3) is 0 Å². The molecule has 4 nitrogen and oxygen atoms in total. The van der Waals surface area contributed by atoms with Crippen molar-refractivity contribution in [1.82, 2.24) is 19.7 Å². The Morgan fingerprint density at radius 2 is 1.95 bits per heavy atom. The van der Waals surface area contributed by atoms with Crippen molar-refractivity contribution < 1.29 is 0 Å². The highest BCUT2D eigenvalue weighted by molar-refractivity contribution is 6.34. The molecule has 0 aliphatic rings. The molecule has 3 rings (SSSR count). The lowest BCUT2D eigenvalue weighted by Crippen LogP contribution is -2.04. The Hall–Kier alpha value is -1.94. The summed E-state index contributed by atoms with van der Waals surface area (Å²) in [6.07, 6.45) is 5.65. The number of hydrogen-bond acceptors (Lipinski definition) is 3. The van der Waals surface area contributed by atoms with Gasteiger partial charge in [0.1, 0.15) is 5.82 Å². The van der Waals surface area contributed by atoms with Gasteiger partial charge in [-0.05, 0) is 6.42 Å². The maximum atomic E-state index is 6.09. The van der Waals surface area contributed by atoms with E-state index in [9.17, 15) is 0 Å². The first-order valence-electron chi connectivity index (χ1n) is 6.24. The number of aryl methyl sites for hydroxylation is 1. The number of benzene rings is 1. The van der Waals surface area contributed by atoms with Crippen LogP contribution in [-0.2, 0) is 6.42 Å². The normalized spacial score (nSPS) is 11.1. The number of fused-ring (bicyclic) bond motifs is 1. The molecule has 0 N–H and O–H groups in total. The zero-order valence-electron chi connectivity index (χ0n) is 10.5. The van der Waals surface area contributed by atoms with Gasteiger partial charge in [0, 0.05) is 29.6 Å². The van der Waals surface area contributed by atoms with Crippen molar-refractivity contribution in [3.8, 4) is 5.82 Å². The Balaban J connectivity index is 2.25. The van der Waals surface area contributed by atoms with Gasteiger partial charge in [-0.2, -0.15) is 0 Å². The molecule has 5 heteroatoms. The van der Waals surface area contributed by atoms with Crippen LogP contribution < -0.4 is 0 Å². The molecule has 1 aromatic carbocycles. The van der Waals surface area contributed by atoms with Crippen LogP contribution in [0.1, 0.15) is 19.2 Å². The van der Waals surface area contributed by atoms with Crippen LogP contribution in [0.2, 0.25) is 5.15 Å². The van der Waals surface area contributed by atoms with Gasteiger partial charge in [0.15, 0.2) is 11.0 Å². The number of hydrogen-bond donors (Lipinski definition) is 0. The van der Waals surface area contributed by atoms with Gasteiger partial charge in [0.05, 0.1) is 0 Å². The minimum absolute atomic E-state index is 0.427. The maximum Gasteiger partial charge on any atom is 0.168 e. The molecule has 0 aliphatic carbocycles.